The molecule has 0 saturated carbocycles. The van der Waals surface area contributed by atoms with E-state index in [1.54, 1.807) is 17.3 Å². The second-order valence-electron chi connectivity index (χ2n) is 5.72. The lowest BCUT2D eigenvalue weighted by Crippen LogP contribution is -2.28. The number of aliphatic imine (C=N–C) groups is 1. The van der Waals surface area contributed by atoms with Crippen LogP contribution >= 0.6 is 23.1 Å². The average molecular weight is 393 g/mol. The summed E-state index contributed by atoms with van der Waals surface area (Å²) in [5.41, 5.74) is 2.84. The molecule has 0 atom stereocenters. The van der Waals surface area contributed by atoms with Gasteiger partial charge in [-0.25, -0.2) is 4.98 Å². The standard InChI is InChI=1S/C20H16N4OS2/c1-2-24-18(25)17(11-14-7-6-10-21-12-14)27-20(24)23-19-22-16(13-26-19)15-8-4-3-5-9-15/h3-13H,2H2,1H3/b17-11-,23-20+. The number of amides is 1. The molecule has 134 valence electrons. The zero-order chi connectivity index (χ0) is 18.6. The number of likely N-dealkylation sites (N-methyl/N-ethyl adjacent to an activating group) is 1. The van der Waals surface area contributed by atoms with Gasteiger partial charge in [-0.15, -0.1) is 11.3 Å². The van der Waals surface area contributed by atoms with Crippen molar-refractivity contribution in [3.8, 4) is 11.3 Å². The van der Waals surface area contributed by atoms with Crippen LogP contribution in [-0.4, -0.2) is 32.5 Å². The van der Waals surface area contributed by atoms with Crippen molar-refractivity contribution in [2.45, 2.75) is 6.92 Å². The van der Waals surface area contributed by atoms with Crippen molar-refractivity contribution >= 4 is 45.4 Å². The molecule has 1 saturated heterocycles. The van der Waals surface area contributed by atoms with Gasteiger partial charge in [0, 0.05) is 29.9 Å². The van der Waals surface area contributed by atoms with Gasteiger partial charge in [-0.1, -0.05) is 36.4 Å². The van der Waals surface area contributed by atoms with Gasteiger partial charge in [0.25, 0.3) is 5.91 Å². The van der Waals surface area contributed by atoms with E-state index in [9.17, 15) is 4.79 Å². The van der Waals surface area contributed by atoms with Gasteiger partial charge in [0.15, 0.2) is 5.17 Å². The van der Waals surface area contributed by atoms with Gasteiger partial charge in [0.2, 0.25) is 5.13 Å². The van der Waals surface area contributed by atoms with Crippen LogP contribution in [0.4, 0.5) is 5.13 Å². The van der Waals surface area contributed by atoms with E-state index >= 15 is 0 Å². The fourth-order valence-corrected chi connectivity index (χ4v) is 4.42. The summed E-state index contributed by atoms with van der Waals surface area (Å²) in [6, 6.07) is 13.8. The van der Waals surface area contributed by atoms with Crippen LogP contribution in [0.3, 0.4) is 0 Å². The van der Waals surface area contributed by atoms with Gasteiger partial charge in [-0.05, 0) is 36.4 Å². The van der Waals surface area contributed by atoms with Crippen LogP contribution in [0, 0.1) is 0 Å². The van der Waals surface area contributed by atoms with Crippen LogP contribution in [0.2, 0.25) is 0 Å². The van der Waals surface area contributed by atoms with Gasteiger partial charge >= 0.3 is 0 Å². The van der Waals surface area contributed by atoms with Crippen molar-refractivity contribution in [1.29, 1.82) is 0 Å². The predicted octanol–water partition coefficient (Wildman–Crippen LogP) is 4.83. The van der Waals surface area contributed by atoms with Crippen LogP contribution in [-0.2, 0) is 4.79 Å². The zero-order valence-corrected chi connectivity index (χ0v) is 16.2. The molecule has 1 aliphatic rings. The van der Waals surface area contributed by atoms with E-state index in [0.29, 0.717) is 21.7 Å². The molecular formula is C20H16N4OS2. The Kier molecular flexibility index (Phi) is 5.13. The largest absolute Gasteiger partial charge is 0.287 e. The Morgan fingerprint density at radius 1 is 1.19 bits per heavy atom. The smallest absolute Gasteiger partial charge is 0.266 e. The quantitative estimate of drug-likeness (QED) is 0.597. The van der Waals surface area contributed by atoms with E-state index in [0.717, 1.165) is 16.8 Å². The molecular weight excluding hydrogens is 376 g/mol. The molecule has 0 unspecified atom stereocenters. The minimum atomic E-state index is -0.0371. The van der Waals surface area contributed by atoms with Crippen LogP contribution in [0.5, 0.6) is 0 Å². The maximum atomic E-state index is 12.7. The summed E-state index contributed by atoms with van der Waals surface area (Å²) < 4.78 is 0. The molecule has 7 heteroatoms. The van der Waals surface area contributed by atoms with E-state index in [1.165, 1.54) is 23.1 Å². The summed E-state index contributed by atoms with van der Waals surface area (Å²) in [7, 11) is 0. The summed E-state index contributed by atoms with van der Waals surface area (Å²) in [5, 5.41) is 3.29. The highest BCUT2D eigenvalue weighted by Crippen LogP contribution is 2.35. The Morgan fingerprint density at radius 2 is 2.04 bits per heavy atom. The third-order valence-electron chi connectivity index (χ3n) is 3.94. The first kappa shape index (κ1) is 17.6. The highest BCUT2D eigenvalue weighted by Gasteiger charge is 2.32. The van der Waals surface area contributed by atoms with E-state index in [-0.39, 0.29) is 5.91 Å². The van der Waals surface area contributed by atoms with Crippen molar-refractivity contribution in [1.82, 2.24) is 14.9 Å². The van der Waals surface area contributed by atoms with E-state index in [4.69, 9.17) is 0 Å². The predicted molar refractivity (Wildman–Crippen MR) is 112 cm³/mol. The number of carbonyl (C=O) groups is 1. The number of amidine groups is 1. The monoisotopic (exact) mass is 392 g/mol. The van der Waals surface area contributed by atoms with Gasteiger partial charge in [0.05, 0.1) is 10.6 Å². The number of thioether (sulfide) groups is 1. The summed E-state index contributed by atoms with van der Waals surface area (Å²) in [5.74, 6) is -0.0371. The van der Waals surface area contributed by atoms with Gasteiger partial charge in [-0.3, -0.25) is 14.7 Å². The average Bonchev–Trinajstić information content (AvgIpc) is 3.28. The second kappa shape index (κ2) is 7.85. The normalized spacial score (nSPS) is 17.2. The summed E-state index contributed by atoms with van der Waals surface area (Å²) >= 11 is 2.84. The zero-order valence-electron chi connectivity index (χ0n) is 14.6. The maximum Gasteiger partial charge on any atom is 0.266 e. The lowest BCUT2D eigenvalue weighted by molar-refractivity contribution is -0.122. The molecule has 1 amide bonds. The minimum absolute atomic E-state index is 0.0371. The molecule has 0 N–H and O–H groups in total. The molecule has 3 heterocycles. The Balaban J connectivity index is 1.62. The van der Waals surface area contributed by atoms with E-state index in [1.807, 2.05) is 60.8 Å². The summed E-state index contributed by atoms with van der Waals surface area (Å²) in [6.07, 6.45) is 5.30. The number of carbonyl (C=O) groups excluding carboxylic acids is 1. The minimum Gasteiger partial charge on any atom is -0.287 e. The Labute approximate surface area is 165 Å². The highest BCUT2D eigenvalue weighted by molar-refractivity contribution is 8.18. The summed E-state index contributed by atoms with van der Waals surface area (Å²) in [6.45, 7) is 2.50. The third-order valence-corrected chi connectivity index (χ3v) is 5.68. The molecule has 3 aromatic rings. The number of thiazole rings is 1. The van der Waals surface area contributed by atoms with Gasteiger partial charge in [0.1, 0.15) is 0 Å². The lowest BCUT2D eigenvalue weighted by Gasteiger charge is -2.11. The molecule has 0 aliphatic carbocycles. The first-order chi connectivity index (χ1) is 13.2. The third kappa shape index (κ3) is 3.84. The maximum absolute atomic E-state index is 12.7. The van der Waals surface area contributed by atoms with Crippen LogP contribution in [0.25, 0.3) is 17.3 Å². The number of benzene rings is 1. The number of rotatable bonds is 4. The number of aromatic nitrogens is 2. The molecule has 5 nitrogen and oxygen atoms in total. The van der Waals surface area contributed by atoms with Gasteiger partial charge in [-0.2, -0.15) is 4.99 Å². The highest BCUT2D eigenvalue weighted by atomic mass is 32.2. The Hall–Kier alpha value is -2.77. The molecule has 0 radical (unpaired) electrons. The molecule has 27 heavy (non-hydrogen) atoms. The first-order valence-corrected chi connectivity index (χ1v) is 10.2. The SMILES string of the molecule is CCN1C(=O)/C(=C/c2cccnc2)S/C1=N/c1nc(-c2ccccc2)cs1. The van der Waals surface area contributed by atoms with Crippen molar-refractivity contribution in [2.24, 2.45) is 4.99 Å². The fourth-order valence-electron chi connectivity index (χ4n) is 2.62. The van der Waals surface area contributed by atoms with Gasteiger partial charge < -0.3 is 0 Å². The molecule has 1 fully saturated rings. The van der Waals surface area contributed by atoms with Crippen LogP contribution < -0.4 is 0 Å². The molecule has 4 rings (SSSR count). The molecule has 0 spiro atoms. The Bertz CT molecular complexity index is 1010. The topological polar surface area (TPSA) is 58.5 Å². The molecule has 0 bridgehead atoms. The number of hydrogen-bond acceptors (Lipinski definition) is 6. The van der Waals surface area contributed by atoms with Crippen LogP contribution in [0.1, 0.15) is 12.5 Å². The van der Waals surface area contributed by atoms with Crippen molar-refractivity contribution in [3.63, 3.8) is 0 Å². The summed E-state index contributed by atoms with van der Waals surface area (Å²) in [4.78, 5) is 28.3. The molecule has 1 aliphatic heterocycles. The lowest BCUT2D eigenvalue weighted by atomic mass is 10.2. The van der Waals surface area contributed by atoms with E-state index in [2.05, 4.69) is 15.0 Å². The fraction of sp³-hybridized carbons (Fsp3) is 0.100. The first-order valence-electron chi connectivity index (χ1n) is 8.45. The second-order valence-corrected chi connectivity index (χ2v) is 7.57. The number of nitrogens with zero attached hydrogens (tertiary/aromatic N) is 4. The van der Waals surface area contributed by atoms with Crippen LogP contribution in [0.15, 0.2) is 70.1 Å². The van der Waals surface area contributed by atoms with Crippen molar-refractivity contribution in [3.05, 3.63) is 70.7 Å². The molecule has 1 aromatic carbocycles. The Morgan fingerprint density at radius 3 is 2.78 bits per heavy atom. The number of hydrogen-bond donors (Lipinski definition) is 0. The van der Waals surface area contributed by atoms with Crippen molar-refractivity contribution in [2.75, 3.05) is 6.54 Å². The van der Waals surface area contributed by atoms with Crippen molar-refractivity contribution < 1.29 is 4.79 Å². The van der Waals surface area contributed by atoms with E-state index < -0.39 is 0 Å². The number of pyridine rings is 1. The molecule has 2 aromatic heterocycles.